The molecule has 0 amide bonds. The van der Waals surface area contributed by atoms with E-state index in [1.54, 1.807) is 0 Å². The van der Waals surface area contributed by atoms with Crippen LogP contribution in [0.3, 0.4) is 0 Å². The summed E-state index contributed by atoms with van der Waals surface area (Å²) in [6, 6.07) is 7.99. The molecule has 4 heteroatoms. The average Bonchev–Trinajstić information content (AvgIpc) is 2.78. The molecule has 1 aliphatic carbocycles. The van der Waals surface area contributed by atoms with Gasteiger partial charge in [0.25, 0.3) is 0 Å². The Hall–Kier alpha value is -1.22. The highest BCUT2D eigenvalue weighted by Crippen LogP contribution is 2.46. The maximum Gasteiger partial charge on any atom is 0.196 e. The summed E-state index contributed by atoms with van der Waals surface area (Å²) in [6.45, 7) is 5.48. The second-order valence-corrected chi connectivity index (χ2v) is 7.12. The lowest BCUT2D eigenvalue weighted by Gasteiger charge is -2.49. The van der Waals surface area contributed by atoms with Crippen molar-refractivity contribution in [3.8, 4) is 0 Å². The molecule has 1 spiro atoms. The van der Waals surface area contributed by atoms with Gasteiger partial charge in [-0.15, -0.1) is 0 Å². The quantitative estimate of drug-likeness (QED) is 0.895. The van der Waals surface area contributed by atoms with Crippen LogP contribution < -0.4 is 10.6 Å². The number of anilines is 1. The molecule has 2 unspecified atom stereocenters. The van der Waals surface area contributed by atoms with Gasteiger partial charge in [0.2, 0.25) is 0 Å². The van der Waals surface area contributed by atoms with Crippen molar-refractivity contribution in [3.63, 3.8) is 0 Å². The van der Waals surface area contributed by atoms with Crippen molar-refractivity contribution in [1.82, 2.24) is 0 Å². The number of nitrogens with zero attached hydrogens (tertiary/aromatic N) is 2. The first-order valence-corrected chi connectivity index (χ1v) is 8.28. The number of guanidine groups is 1. The van der Waals surface area contributed by atoms with Crippen LogP contribution in [-0.4, -0.2) is 18.0 Å². The van der Waals surface area contributed by atoms with Crippen LogP contribution in [0.25, 0.3) is 0 Å². The SMILES string of the molecule is CC(C)C1CCCCC12CN=C(N)N2c1ccc(Cl)cc1. The van der Waals surface area contributed by atoms with E-state index in [0.29, 0.717) is 17.8 Å². The molecule has 1 fully saturated rings. The molecule has 0 aromatic heterocycles. The second-order valence-electron chi connectivity index (χ2n) is 6.69. The molecule has 3 nitrogen and oxygen atoms in total. The van der Waals surface area contributed by atoms with Crippen molar-refractivity contribution >= 4 is 23.2 Å². The standard InChI is InChI=1S/C17H24ClN3/c1-12(2)15-5-3-4-10-17(15)11-20-16(19)21(17)14-8-6-13(18)7-9-14/h6-9,12,15H,3-5,10-11H2,1-2H3,(H2,19,20). The summed E-state index contributed by atoms with van der Waals surface area (Å²) >= 11 is 6.03. The zero-order chi connectivity index (χ0) is 15.0. The van der Waals surface area contributed by atoms with Crippen molar-refractivity contribution < 1.29 is 0 Å². The molecule has 2 N–H and O–H groups in total. The molecule has 1 aliphatic heterocycles. The summed E-state index contributed by atoms with van der Waals surface area (Å²) in [4.78, 5) is 6.90. The topological polar surface area (TPSA) is 41.6 Å². The number of hydrogen-bond acceptors (Lipinski definition) is 3. The van der Waals surface area contributed by atoms with Crippen molar-refractivity contribution in [2.75, 3.05) is 11.4 Å². The molecule has 2 aliphatic rings. The Morgan fingerprint density at radius 2 is 2.00 bits per heavy atom. The molecule has 1 saturated carbocycles. The van der Waals surface area contributed by atoms with E-state index in [4.69, 9.17) is 17.3 Å². The van der Waals surface area contributed by atoms with E-state index in [1.165, 1.54) is 25.7 Å². The number of nitrogens with two attached hydrogens (primary N) is 1. The maximum absolute atomic E-state index is 6.26. The Kier molecular flexibility index (Phi) is 3.87. The lowest BCUT2D eigenvalue weighted by molar-refractivity contribution is 0.157. The van der Waals surface area contributed by atoms with Crippen molar-refractivity contribution in [1.29, 1.82) is 0 Å². The fourth-order valence-corrected chi connectivity index (χ4v) is 4.37. The predicted molar refractivity (Wildman–Crippen MR) is 89.9 cm³/mol. The van der Waals surface area contributed by atoms with Gasteiger partial charge in [0.05, 0.1) is 12.1 Å². The summed E-state index contributed by atoms with van der Waals surface area (Å²) < 4.78 is 0. The lowest BCUT2D eigenvalue weighted by Crippen LogP contribution is -2.59. The Bertz CT molecular complexity index is 537. The van der Waals surface area contributed by atoms with Gasteiger partial charge in [-0.3, -0.25) is 4.99 Å². The van der Waals surface area contributed by atoms with E-state index in [2.05, 4.69) is 35.9 Å². The molecular formula is C17H24ClN3. The minimum atomic E-state index is 0.0599. The molecule has 1 aromatic carbocycles. The Balaban J connectivity index is 2.02. The summed E-state index contributed by atoms with van der Waals surface area (Å²) in [7, 11) is 0. The Labute approximate surface area is 132 Å². The second kappa shape index (κ2) is 5.53. The Morgan fingerprint density at radius 3 is 2.67 bits per heavy atom. The fourth-order valence-electron chi connectivity index (χ4n) is 4.24. The van der Waals surface area contributed by atoms with Gasteiger partial charge in [-0.25, -0.2) is 0 Å². The minimum Gasteiger partial charge on any atom is -0.369 e. The number of hydrogen-bond donors (Lipinski definition) is 1. The predicted octanol–water partition coefficient (Wildman–Crippen LogP) is 4.06. The highest BCUT2D eigenvalue weighted by molar-refractivity contribution is 6.30. The molecule has 1 heterocycles. The van der Waals surface area contributed by atoms with Gasteiger partial charge in [0.15, 0.2) is 5.96 Å². The van der Waals surface area contributed by atoms with Crippen molar-refractivity contribution in [2.45, 2.75) is 45.1 Å². The van der Waals surface area contributed by atoms with Gasteiger partial charge in [-0.1, -0.05) is 38.3 Å². The lowest BCUT2D eigenvalue weighted by atomic mass is 9.67. The van der Waals surface area contributed by atoms with Crippen molar-refractivity contribution in [3.05, 3.63) is 29.3 Å². The first-order valence-electron chi connectivity index (χ1n) is 7.90. The maximum atomic E-state index is 6.26. The third-order valence-electron chi connectivity index (χ3n) is 5.14. The van der Waals surface area contributed by atoms with Gasteiger partial charge in [0.1, 0.15) is 0 Å². The van der Waals surface area contributed by atoms with Crippen LogP contribution in [0, 0.1) is 11.8 Å². The van der Waals surface area contributed by atoms with Gasteiger partial charge >= 0.3 is 0 Å². The summed E-state index contributed by atoms with van der Waals surface area (Å²) in [5, 5.41) is 0.756. The highest BCUT2D eigenvalue weighted by atomic mass is 35.5. The molecule has 0 bridgehead atoms. The highest BCUT2D eigenvalue weighted by Gasteiger charge is 2.50. The van der Waals surface area contributed by atoms with E-state index in [1.807, 2.05) is 12.1 Å². The van der Waals surface area contributed by atoms with E-state index in [-0.39, 0.29) is 5.54 Å². The number of benzene rings is 1. The van der Waals surface area contributed by atoms with Crippen LogP contribution in [0.5, 0.6) is 0 Å². The summed E-state index contributed by atoms with van der Waals surface area (Å²) in [6.07, 6.45) is 5.02. The zero-order valence-electron chi connectivity index (χ0n) is 12.8. The smallest absolute Gasteiger partial charge is 0.196 e. The van der Waals surface area contributed by atoms with Gasteiger partial charge in [-0.2, -0.15) is 0 Å². The van der Waals surface area contributed by atoms with Crippen LogP contribution in [-0.2, 0) is 0 Å². The molecule has 2 atom stereocenters. The minimum absolute atomic E-state index is 0.0599. The van der Waals surface area contributed by atoms with Crippen LogP contribution >= 0.6 is 11.6 Å². The molecular weight excluding hydrogens is 282 g/mol. The first-order chi connectivity index (χ1) is 10.0. The Morgan fingerprint density at radius 1 is 1.29 bits per heavy atom. The molecule has 21 heavy (non-hydrogen) atoms. The van der Waals surface area contributed by atoms with Crippen LogP contribution in [0.1, 0.15) is 39.5 Å². The van der Waals surface area contributed by atoms with Crippen LogP contribution in [0.2, 0.25) is 5.02 Å². The fraction of sp³-hybridized carbons (Fsp3) is 0.588. The third kappa shape index (κ3) is 2.42. The van der Waals surface area contributed by atoms with Gasteiger partial charge in [0, 0.05) is 10.7 Å². The van der Waals surface area contributed by atoms with E-state index in [0.717, 1.165) is 17.3 Å². The summed E-state index contributed by atoms with van der Waals surface area (Å²) in [5.41, 5.74) is 7.44. The third-order valence-corrected chi connectivity index (χ3v) is 5.40. The zero-order valence-corrected chi connectivity index (χ0v) is 13.6. The van der Waals surface area contributed by atoms with E-state index >= 15 is 0 Å². The number of aliphatic imine (C=N–C) groups is 1. The summed E-state index contributed by atoms with van der Waals surface area (Å²) in [5.74, 6) is 1.93. The average molecular weight is 306 g/mol. The molecule has 114 valence electrons. The molecule has 0 saturated heterocycles. The van der Waals surface area contributed by atoms with Crippen LogP contribution in [0.4, 0.5) is 5.69 Å². The molecule has 1 aromatic rings. The van der Waals surface area contributed by atoms with E-state index in [9.17, 15) is 0 Å². The van der Waals surface area contributed by atoms with Crippen molar-refractivity contribution in [2.24, 2.45) is 22.6 Å². The first kappa shape index (κ1) is 14.7. The van der Waals surface area contributed by atoms with Gasteiger partial charge < -0.3 is 10.6 Å². The molecule has 3 rings (SSSR count). The monoisotopic (exact) mass is 305 g/mol. The van der Waals surface area contributed by atoms with E-state index < -0.39 is 0 Å². The largest absolute Gasteiger partial charge is 0.369 e. The van der Waals surface area contributed by atoms with Gasteiger partial charge in [-0.05, 0) is 48.9 Å². The van der Waals surface area contributed by atoms with Crippen LogP contribution in [0.15, 0.2) is 29.3 Å². The molecule has 0 radical (unpaired) electrons. The number of rotatable bonds is 2. The number of halogens is 1. The normalized spacial score (nSPS) is 29.2.